The average molecular weight is 340 g/mol. The summed E-state index contributed by atoms with van der Waals surface area (Å²) in [5.74, 6) is 0.455. The van der Waals surface area contributed by atoms with Crippen LogP contribution in [0.3, 0.4) is 0 Å². The topological polar surface area (TPSA) is 73.7 Å². The molecule has 7 heteroatoms. The van der Waals surface area contributed by atoms with E-state index in [4.69, 9.17) is 5.11 Å². The first-order valence-corrected chi connectivity index (χ1v) is 7.29. The molecule has 106 valence electrons. The SMILES string of the molecule is O=C(O)N1CC[C@H](C(=O)N2CCc3cc(Br)cnc32)C1. The third-order valence-electron chi connectivity index (χ3n) is 3.84. The van der Waals surface area contributed by atoms with Gasteiger partial charge in [0.2, 0.25) is 5.91 Å². The molecule has 6 nitrogen and oxygen atoms in total. The number of hydrogen-bond acceptors (Lipinski definition) is 3. The minimum absolute atomic E-state index is 0.0117. The largest absolute Gasteiger partial charge is 0.465 e. The van der Waals surface area contributed by atoms with Crippen molar-refractivity contribution in [2.24, 2.45) is 5.92 Å². The maximum atomic E-state index is 12.5. The summed E-state index contributed by atoms with van der Waals surface area (Å²) in [5, 5.41) is 8.95. The molecule has 1 fully saturated rings. The Bertz CT molecular complexity index is 578. The number of aromatic nitrogens is 1. The quantitative estimate of drug-likeness (QED) is 0.845. The van der Waals surface area contributed by atoms with Gasteiger partial charge in [-0.05, 0) is 40.4 Å². The molecule has 0 spiro atoms. The van der Waals surface area contributed by atoms with Gasteiger partial charge in [-0.1, -0.05) is 0 Å². The second-order valence-electron chi connectivity index (χ2n) is 5.09. The third kappa shape index (κ3) is 2.26. The Morgan fingerprint density at radius 3 is 2.90 bits per heavy atom. The molecular weight excluding hydrogens is 326 g/mol. The molecule has 0 saturated carbocycles. The maximum absolute atomic E-state index is 12.5. The van der Waals surface area contributed by atoms with Crippen LogP contribution in [0.4, 0.5) is 10.6 Å². The van der Waals surface area contributed by atoms with E-state index in [9.17, 15) is 9.59 Å². The number of nitrogens with zero attached hydrogens (tertiary/aromatic N) is 3. The van der Waals surface area contributed by atoms with Crippen molar-refractivity contribution in [1.82, 2.24) is 9.88 Å². The van der Waals surface area contributed by atoms with Crippen molar-refractivity contribution in [2.75, 3.05) is 24.5 Å². The second kappa shape index (κ2) is 5.05. The van der Waals surface area contributed by atoms with Gasteiger partial charge in [0.25, 0.3) is 0 Å². The first-order chi connectivity index (χ1) is 9.56. The highest BCUT2D eigenvalue weighted by Gasteiger charge is 2.36. The molecular formula is C13H14BrN3O3. The summed E-state index contributed by atoms with van der Waals surface area (Å²) >= 11 is 3.37. The van der Waals surface area contributed by atoms with Crippen molar-refractivity contribution in [3.8, 4) is 0 Å². The number of likely N-dealkylation sites (tertiary alicyclic amines) is 1. The lowest BCUT2D eigenvalue weighted by molar-refractivity contribution is -0.121. The van der Waals surface area contributed by atoms with Gasteiger partial charge in [-0.3, -0.25) is 9.69 Å². The second-order valence-corrected chi connectivity index (χ2v) is 6.01. The van der Waals surface area contributed by atoms with Crippen LogP contribution in [0, 0.1) is 5.92 Å². The highest BCUT2D eigenvalue weighted by atomic mass is 79.9. The predicted octanol–water partition coefficient (Wildman–Crippen LogP) is 1.73. The number of anilines is 1. The van der Waals surface area contributed by atoms with Crippen LogP contribution >= 0.6 is 15.9 Å². The van der Waals surface area contributed by atoms with E-state index in [-0.39, 0.29) is 18.4 Å². The molecule has 0 bridgehead atoms. The van der Waals surface area contributed by atoms with Crippen LogP contribution in [0.25, 0.3) is 0 Å². The van der Waals surface area contributed by atoms with Crippen LogP contribution in [0.5, 0.6) is 0 Å². The summed E-state index contributed by atoms with van der Waals surface area (Å²) in [4.78, 5) is 30.7. The van der Waals surface area contributed by atoms with E-state index in [1.165, 1.54) is 4.90 Å². The molecule has 0 aliphatic carbocycles. The van der Waals surface area contributed by atoms with Crippen LogP contribution in [0.2, 0.25) is 0 Å². The molecule has 0 unspecified atom stereocenters. The third-order valence-corrected chi connectivity index (χ3v) is 4.28. The number of hydrogen-bond donors (Lipinski definition) is 1. The molecule has 2 aliphatic rings. The first-order valence-electron chi connectivity index (χ1n) is 6.50. The molecule has 1 aromatic rings. The number of halogens is 1. The van der Waals surface area contributed by atoms with Crippen molar-refractivity contribution in [3.05, 3.63) is 22.3 Å². The van der Waals surface area contributed by atoms with Crippen molar-refractivity contribution < 1.29 is 14.7 Å². The van der Waals surface area contributed by atoms with Gasteiger partial charge in [0.05, 0.1) is 5.92 Å². The van der Waals surface area contributed by atoms with Crippen LogP contribution in [0.15, 0.2) is 16.7 Å². The average Bonchev–Trinajstić information content (AvgIpc) is 3.04. The first kappa shape index (κ1) is 13.4. The molecule has 2 aliphatic heterocycles. The van der Waals surface area contributed by atoms with E-state index < -0.39 is 6.09 Å². The Kier molecular flexibility index (Phi) is 3.37. The lowest BCUT2D eigenvalue weighted by Crippen LogP contribution is -2.37. The number of carbonyl (C=O) groups excluding carboxylic acids is 1. The highest BCUT2D eigenvalue weighted by molar-refractivity contribution is 9.10. The summed E-state index contributed by atoms with van der Waals surface area (Å²) in [6.45, 7) is 1.35. The molecule has 2 amide bonds. The number of fused-ring (bicyclic) bond motifs is 1. The van der Waals surface area contributed by atoms with Gasteiger partial charge < -0.3 is 10.0 Å². The number of amides is 2. The zero-order valence-corrected chi connectivity index (χ0v) is 12.3. The molecule has 0 aromatic carbocycles. The molecule has 3 rings (SSSR count). The van der Waals surface area contributed by atoms with E-state index in [0.29, 0.717) is 25.3 Å². The van der Waals surface area contributed by atoms with E-state index >= 15 is 0 Å². The van der Waals surface area contributed by atoms with Gasteiger partial charge in [-0.25, -0.2) is 9.78 Å². The summed E-state index contributed by atoms with van der Waals surface area (Å²) < 4.78 is 0.906. The van der Waals surface area contributed by atoms with Crippen molar-refractivity contribution in [2.45, 2.75) is 12.8 Å². The lowest BCUT2D eigenvalue weighted by atomic mass is 10.1. The minimum atomic E-state index is -0.954. The van der Waals surface area contributed by atoms with Crippen LogP contribution < -0.4 is 4.90 Å². The van der Waals surface area contributed by atoms with Crippen molar-refractivity contribution >= 4 is 33.7 Å². The summed E-state index contributed by atoms with van der Waals surface area (Å²) in [5.41, 5.74) is 1.06. The number of rotatable bonds is 1. The predicted molar refractivity (Wildman–Crippen MR) is 75.7 cm³/mol. The fourth-order valence-electron chi connectivity index (χ4n) is 2.81. The normalized spacial score (nSPS) is 21.1. The molecule has 3 heterocycles. The van der Waals surface area contributed by atoms with Crippen LogP contribution in [0.1, 0.15) is 12.0 Å². The smallest absolute Gasteiger partial charge is 0.407 e. The van der Waals surface area contributed by atoms with Crippen LogP contribution in [-0.2, 0) is 11.2 Å². The Morgan fingerprint density at radius 1 is 1.40 bits per heavy atom. The lowest BCUT2D eigenvalue weighted by Gasteiger charge is -2.20. The fourth-order valence-corrected chi connectivity index (χ4v) is 3.19. The summed E-state index contributed by atoms with van der Waals surface area (Å²) in [6.07, 6.45) is 2.11. The van der Waals surface area contributed by atoms with Crippen molar-refractivity contribution in [3.63, 3.8) is 0 Å². The maximum Gasteiger partial charge on any atom is 0.407 e. The minimum Gasteiger partial charge on any atom is -0.465 e. The molecule has 1 saturated heterocycles. The molecule has 0 radical (unpaired) electrons. The number of carboxylic acid groups (broad SMARTS) is 1. The van der Waals surface area contributed by atoms with E-state index in [1.54, 1.807) is 11.1 Å². The standard InChI is InChI=1S/C13H14BrN3O3/c14-10-5-8-2-4-17(11(8)15-6-10)12(18)9-1-3-16(7-9)13(19)20/h5-6,9H,1-4,7H2,(H,19,20)/t9-/m0/s1. The van der Waals surface area contributed by atoms with Gasteiger partial charge in [-0.15, -0.1) is 0 Å². The van der Waals surface area contributed by atoms with E-state index in [1.807, 2.05) is 6.07 Å². The Labute approximate surface area is 124 Å². The number of carbonyl (C=O) groups is 2. The van der Waals surface area contributed by atoms with Gasteiger partial charge in [0.15, 0.2) is 0 Å². The molecule has 1 N–H and O–H groups in total. The highest BCUT2D eigenvalue weighted by Crippen LogP contribution is 2.30. The van der Waals surface area contributed by atoms with Gasteiger partial charge in [0.1, 0.15) is 5.82 Å². The van der Waals surface area contributed by atoms with Crippen molar-refractivity contribution in [1.29, 1.82) is 0 Å². The summed E-state index contributed by atoms with van der Waals surface area (Å²) in [6, 6.07) is 1.98. The van der Waals surface area contributed by atoms with E-state index in [0.717, 1.165) is 16.5 Å². The Hall–Kier alpha value is -1.63. The van der Waals surface area contributed by atoms with Gasteiger partial charge in [-0.2, -0.15) is 0 Å². The molecule has 1 aromatic heterocycles. The summed E-state index contributed by atoms with van der Waals surface area (Å²) in [7, 11) is 0. The fraction of sp³-hybridized carbons (Fsp3) is 0.462. The monoisotopic (exact) mass is 339 g/mol. The number of pyridine rings is 1. The van der Waals surface area contributed by atoms with Gasteiger partial charge >= 0.3 is 6.09 Å². The molecule has 20 heavy (non-hydrogen) atoms. The zero-order valence-electron chi connectivity index (χ0n) is 10.8. The van der Waals surface area contributed by atoms with E-state index in [2.05, 4.69) is 20.9 Å². The van der Waals surface area contributed by atoms with Gasteiger partial charge in [0, 0.05) is 30.3 Å². The zero-order chi connectivity index (χ0) is 14.3. The molecule has 1 atom stereocenters. The van der Waals surface area contributed by atoms with Crippen LogP contribution in [-0.4, -0.2) is 46.6 Å². The Balaban J connectivity index is 1.76. The Morgan fingerprint density at radius 2 is 2.20 bits per heavy atom.